The zero-order valence-corrected chi connectivity index (χ0v) is 11.9. The highest BCUT2D eigenvalue weighted by Gasteiger charge is 2.08. The van der Waals surface area contributed by atoms with Gasteiger partial charge in [-0.05, 0) is 38.1 Å². The summed E-state index contributed by atoms with van der Waals surface area (Å²) < 4.78 is 24.3. The lowest BCUT2D eigenvalue weighted by molar-refractivity contribution is 0.301. The van der Waals surface area contributed by atoms with Gasteiger partial charge in [-0.3, -0.25) is 0 Å². The summed E-state index contributed by atoms with van der Waals surface area (Å²) in [5, 5.41) is 3.29. The molecule has 2 aromatic rings. The summed E-state index contributed by atoms with van der Waals surface area (Å²) in [4.78, 5) is 0. The first kappa shape index (κ1) is 14.6. The first-order valence-corrected chi connectivity index (χ1v) is 6.86. The molecule has 0 aliphatic heterocycles. The molecule has 1 heterocycles. The molecule has 108 valence electrons. The Morgan fingerprint density at radius 1 is 1.30 bits per heavy atom. The highest BCUT2D eigenvalue weighted by molar-refractivity contribution is 5.25. The van der Waals surface area contributed by atoms with E-state index in [1.54, 1.807) is 12.1 Å². The van der Waals surface area contributed by atoms with E-state index >= 15 is 0 Å². The number of halogens is 1. The van der Waals surface area contributed by atoms with E-state index < -0.39 is 0 Å². The Kier molecular flexibility index (Phi) is 5.18. The van der Waals surface area contributed by atoms with E-state index in [0.29, 0.717) is 18.9 Å². The molecule has 0 amide bonds. The fourth-order valence-corrected chi connectivity index (χ4v) is 1.92. The van der Waals surface area contributed by atoms with Crippen LogP contribution in [0.3, 0.4) is 0 Å². The number of nitrogens with one attached hydrogen (secondary N) is 1. The second-order valence-corrected chi connectivity index (χ2v) is 4.72. The molecule has 0 aliphatic carbocycles. The predicted molar refractivity (Wildman–Crippen MR) is 76.2 cm³/mol. The van der Waals surface area contributed by atoms with Crippen LogP contribution in [0.2, 0.25) is 0 Å². The SMILES string of the molecule is CCCNCc1cc(COc2cccc(F)c2)c(C)o1. The molecule has 0 bridgehead atoms. The van der Waals surface area contributed by atoms with Gasteiger partial charge in [0.1, 0.15) is 29.7 Å². The van der Waals surface area contributed by atoms with Crippen molar-refractivity contribution < 1.29 is 13.5 Å². The fraction of sp³-hybridized carbons (Fsp3) is 0.375. The van der Waals surface area contributed by atoms with Crippen molar-refractivity contribution in [1.82, 2.24) is 5.32 Å². The molecular formula is C16H20FNO2. The summed E-state index contributed by atoms with van der Waals surface area (Å²) in [5.41, 5.74) is 0.988. The Morgan fingerprint density at radius 3 is 2.90 bits per heavy atom. The average molecular weight is 277 g/mol. The molecule has 0 unspecified atom stereocenters. The third-order valence-electron chi connectivity index (χ3n) is 2.99. The van der Waals surface area contributed by atoms with Crippen LogP contribution in [0.15, 0.2) is 34.7 Å². The number of ether oxygens (including phenoxy) is 1. The Bertz CT molecular complexity index is 551. The van der Waals surface area contributed by atoms with Crippen molar-refractivity contribution in [1.29, 1.82) is 0 Å². The second kappa shape index (κ2) is 7.10. The lowest BCUT2D eigenvalue weighted by Gasteiger charge is -2.04. The number of furan rings is 1. The van der Waals surface area contributed by atoms with Crippen LogP contribution >= 0.6 is 0 Å². The van der Waals surface area contributed by atoms with Gasteiger partial charge in [-0.15, -0.1) is 0 Å². The smallest absolute Gasteiger partial charge is 0.126 e. The number of hydrogen-bond donors (Lipinski definition) is 1. The molecular weight excluding hydrogens is 257 g/mol. The topological polar surface area (TPSA) is 34.4 Å². The third kappa shape index (κ3) is 4.10. The van der Waals surface area contributed by atoms with Gasteiger partial charge in [0.25, 0.3) is 0 Å². The van der Waals surface area contributed by atoms with Crippen molar-refractivity contribution in [3.05, 3.63) is 53.2 Å². The maximum Gasteiger partial charge on any atom is 0.126 e. The molecule has 0 fully saturated rings. The Hall–Kier alpha value is -1.81. The molecule has 0 aliphatic rings. The van der Waals surface area contributed by atoms with Crippen LogP contribution in [0.5, 0.6) is 5.75 Å². The summed E-state index contributed by atoms with van der Waals surface area (Å²) >= 11 is 0. The van der Waals surface area contributed by atoms with Gasteiger partial charge < -0.3 is 14.5 Å². The first-order chi connectivity index (χ1) is 9.69. The van der Waals surface area contributed by atoms with Crippen molar-refractivity contribution in [2.75, 3.05) is 6.54 Å². The van der Waals surface area contributed by atoms with Gasteiger partial charge >= 0.3 is 0 Å². The van der Waals surface area contributed by atoms with Gasteiger partial charge in [0.15, 0.2) is 0 Å². The van der Waals surface area contributed by atoms with E-state index in [2.05, 4.69) is 12.2 Å². The molecule has 3 nitrogen and oxygen atoms in total. The van der Waals surface area contributed by atoms with Crippen LogP contribution in [0.1, 0.15) is 30.4 Å². The zero-order chi connectivity index (χ0) is 14.4. The number of hydrogen-bond acceptors (Lipinski definition) is 3. The first-order valence-electron chi connectivity index (χ1n) is 6.86. The van der Waals surface area contributed by atoms with Crippen LogP contribution < -0.4 is 10.1 Å². The van der Waals surface area contributed by atoms with Crippen LogP contribution in [-0.4, -0.2) is 6.54 Å². The van der Waals surface area contributed by atoms with Crippen LogP contribution in [-0.2, 0) is 13.2 Å². The van der Waals surface area contributed by atoms with Gasteiger partial charge in [0.05, 0.1) is 6.54 Å². The number of benzene rings is 1. The monoisotopic (exact) mass is 277 g/mol. The Morgan fingerprint density at radius 2 is 2.15 bits per heavy atom. The minimum atomic E-state index is -0.295. The van der Waals surface area contributed by atoms with Crippen LogP contribution in [0.4, 0.5) is 4.39 Å². The normalized spacial score (nSPS) is 10.8. The van der Waals surface area contributed by atoms with E-state index in [-0.39, 0.29) is 5.82 Å². The quantitative estimate of drug-likeness (QED) is 0.782. The Balaban J connectivity index is 1.92. The second-order valence-electron chi connectivity index (χ2n) is 4.72. The lowest BCUT2D eigenvalue weighted by atomic mass is 10.2. The van der Waals surface area contributed by atoms with E-state index in [1.807, 2.05) is 13.0 Å². The third-order valence-corrected chi connectivity index (χ3v) is 2.99. The van der Waals surface area contributed by atoms with Gasteiger partial charge in [0.2, 0.25) is 0 Å². The molecule has 0 radical (unpaired) electrons. The number of rotatable bonds is 7. The van der Waals surface area contributed by atoms with E-state index in [0.717, 1.165) is 30.0 Å². The summed E-state index contributed by atoms with van der Waals surface area (Å²) in [5.74, 6) is 1.97. The van der Waals surface area contributed by atoms with Crippen LogP contribution in [0.25, 0.3) is 0 Å². The molecule has 0 spiro atoms. The van der Waals surface area contributed by atoms with Gasteiger partial charge in [-0.25, -0.2) is 4.39 Å². The predicted octanol–water partition coefficient (Wildman–Crippen LogP) is 3.81. The van der Waals surface area contributed by atoms with E-state index in [4.69, 9.17) is 9.15 Å². The number of aryl methyl sites for hydroxylation is 1. The van der Waals surface area contributed by atoms with Gasteiger partial charge in [-0.2, -0.15) is 0 Å². The minimum absolute atomic E-state index is 0.295. The molecule has 2 rings (SSSR count). The van der Waals surface area contributed by atoms with Crippen molar-refractivity contribution >= 4 is 0 Å². The molecule has 4 heteroatoms. The maximum atomic E-state index is 13.0. The van der Waals surface area contributed by atoms with Gasteiger partial charge in [0, 0.05) is 11.6 Å². The largest absolute Gasteiger partial charge is 0.489 e. The summed E-state index contributed by atoms with van der Waals surface area (Å²) in [6, 6.07) is 8.12. The molecule has 0 saturated heterocycles. The molecule has 20 heavy (non-hydrogen) atoms. The van der Waals surface area contributed by atoms with Crippen molar-refractivity contribution in [3.8, 4) is 5.75 Å². The molecule has 0 atom stereocenters. The van der Waals surface area contributed by atoms with Crippen molar-refractivity contribution in [2.45, 2.75) is 33.4 Å². The van der Waals surface area contributed by atoms with E-state index in [9.17, 15) is 4.39 Å². The Labute approximate surface area is 118 Å². The molecule has 0 saturated carbocycles. The van der Waals surface area contributed by atoms with Crippen molar-refractivity contribution in [2.24, 2.45) is 0 Å². The standard InChI is InChI=1S/C16H20FNO2/c1-3-7-18-10-16-8-13(12(2)20-16)11-19-15-6-4-5-14(17)9-15/h4-6,8-9,18H,3,7,10-11H2,1-2H3. The fourth-order valence-electron chi connectivity index (χ4n) is 1.92. The highest BCUT2D eigenvalue weighted by atomic mass is 19.1. The van der Waals surface area contributed by atoms with Crippen LogP contribution in [0, 0.1) is 12.7 Å². The lowest BCUT2D eigenvalue weighted by Crippen LogP contribution is -2.13. The molecule has 1 aromatic heterocycles. The highest BCUT2D eigenvalue weighted by Crippen LogP contribution is 2.18. The van der Waals surface area contributed by atoms with E-state index in [1.165, 1.54) is 12.1 Å². The maximum absolute atomic E-state index is 13.0. The van der Waals surface area contributed by atoms with Crippen molar-refractivity contribution in [3.63, 3.8) is 0 Å². The van der Waals surface area contributed by atoms with Gasteiger partial charge in [-0.1, -0.05) is 13.0 Å². The zero-order valence-electron chi connectivity index (χ0n) is 11.9. The molecule has 1 N–H and O–H groups in total. The molecule has 1 aromatic carbocycles. The minimum Gasteiger partial charge on any atom is -0.489 e. The summed E-state index contributed by atoms with van der Waals surface area (Å²) in [6.07, 6.45) is 1.09. The summed E-state index contributed by atoms with van der Waals surface area (Å²) in [7, 11) is 0. The summed E-state index contributed by atoms with van der Waals surface area (Å²) in [6.45, 7) is 6.10. The average Bonchev–Trinajstić information content (AvgIpc) is 2.77.